The third kappa shape index (κ3) is 4.11. The highest BCUT2D eigenvalue weighted by molar-refractivity contribution is 7.99. The van der Waals surface area contributed by atoms with Gasteiger partial charge in [-0.25, -0.2) is 0 Å². The van der Waals surface area contributed by atoms with Crippen LogP contribution in [0, 0.1) is 0 Å². The van der Waals surface area contributed by atoms with Crippen LogP contribution in [0.5, 0.6) is 0 Å². The highest BCUT2D eigenvalue weighted by atomic mass is 32.2. The molecule has 1 heterocycles. The minimum absolute atomic E-state index is 0.0207. The average Bonchev–Trinajstić information content (AvgIpc) is 2.80. The van der Waals surface area contributed by atoms with Crippen molar-refractivity contribution in [2.24, 2.45) is 0 Å². The standard InChI is InChI=1S/C14H16N2O3S/c1-19-9-12-7-13(20-10-14(17)18)16(15-12)8-11-5-3-2-4-6-11/h2-7H,8-10H2,1H3,(H,17,18). The van der Waals surface area contributed by atoms with Gasteiger partial charge in [0.05, 0.1) is 29.6 Å². The van der Waals surface area contributed by atoms with E-state index < -0.39 is 5.97 Å². The molecule has 0 saturated heterocycles. The molecule has 6 heteroatoms. The van der Waals surface area contributed by atoms with E-state index in [4.69, 9.17) is 9.84 Å². The second-order valence-electron chi connectivity index (χ2n) is 4.23. The first kappa shape index (κ1) is 14.6. The number of hydrogen-bond donors (Lipinski definition) is 1. The molecule has 0 radical (unpaired) electrons. The van der Waals surface area contributed by atoms with E-state index in [1.807, 2.05) is 41.1 Å². The van der Waals surface area contributed by atoms with Crippen LogP contribution in [0.1, 0.15) is 11.3 Å². The number of carboxylic acids is 1. The number of hydrogen-bond acceptors (Lipinski definition) is 4. The van der Waals surface area contributed by atoms with Crippen LogP contribution >= 0.6 is 11.8 Å². The zero-order valence-corrected chi connectivity index (χ0v) is 12.0. The first-order valence-corrected chi connectivity index (χ1v) is 7.12. The van der Waals surface area contributed by atoms with Crippen molar-refractivity contribution in [3.05, 3.63) is 47.7 Å². The lowest BCUT2D eigenvalue weighted by Gasteiger charge is -2.06. The number of rotatable bonds is 7. The molecule has 106 valence electrons. The summed E-state index contributed by atoms with van der Waals surface area (Å²) in [6, 6.07) is 11.8. The minimum Gasteiger partial charge on any atom is -0.481 e. The molecule has 0 saturated carbocycles. The van der Waals surface area contributed by atoms with E-state index in [2.05, 4.69) is 5.10 Å². The van der Waals surface area contributed by atoms with Gasteiger partial charge in [-0.3, -0.25) is 9.48 Å². The Morgan fingerprint density at radius 2 is 2.15 bits per heavy atom. The van der Waals surface area contributed by atoms with Gasteiger partial charge in [0.1, 0.15) is 0 Å². The second-order valence-corrected chi connectivity index (χ2v) is 5.23. The highest BCUT2D eigenvalue weighted by Crippen LogP contribution is 2.21. The average molecular weight is 292 g/mol. The number of carbonyl (C=O) groups is 1. The van der Waals surface area contributed by atoms with Crippen LogP contribution in [0.25, 0.3) is 0 Å². The third-order valence-electron chi connectivity index (χ3n) is 2.60. The van der Waals surface area contributed by atoms with E-state index in [9.17, 15) is 4.79 Å². The molecule has 0 spiro atoms. The van der Waals surface area contributed by atoms with E-state index in [0.717, 1.165) is 16.3 Å². The lowest BCUT2D eigenvalue weighted by atomic mass is 10.2. The molecule has 1 N–H and O–H groups in total. The maximum absolute atomic E-state index is 10.7. The fraction of sp³-hybridized carbons (Fsp3) is 0.286. The third-order valence-corrected chi connectivity index (χ3v) is 3.62. The molecule has 0 atom stereocenters. The topological polar surface area (TPSA) is 64.3 Å². The minimum atomic E-state index is -0.837. The molecule has 0 fully saturated rings. The molecular weight excluding hydrogens is 276 g/mol. The van der Waals surface area contributed by atoms with Gasteiger partial charge in [0, 0.05) is 7.11 Å². The van der Waals surface area contributed by atoms with Crippen LogP contribution < -0.4 is 0 Å². The van der Waals surface area contributed by atoms with Crippen molar-refractivity contribution < 1.29 is 14.6 Å². The number of aliphatic carboxylic acids is 1. The molecule has 2 aromatic rings. The van der Waals surface area contributed by atoms with Gasteiger partial charge in [-0.1, -0.05) is 42.1 Å². The summed E-state index contributed by atoms with van der Waals surface area (Å²) in [4.78, 5) is 10.7. The molecule has 0 amide bonds. The second kappa shape index (κ2) is 7.12. The van der Waals surface area contributed by atoms with Crippen molar-refractivity contribution in [2.75, 3.05) is 12.9 Å². The van der Waals surface area contributed by atoms with Gasteiger partial charge >= 0.3 is 5.97 Å². The summed E-state index contributed by atoms with van der Waals surface area (Å²) in [7, 11) is 1.61. The first-order chi connectivity index (χ1) is 9.69. The maximum atomic E-state index is 10.7. The fourth-order valence-electron chi connectivity index (χ4n) is 1.79. The van der Waals surface area contributed by atoms with Gasteiger partial charge in [-0.05, 0) is 11.6 Å². The number of methoxy groups -OCH3 is 1. The zero-order chi connectivity index (χ0) is 14.4. The maximum Gasteiger partial charge on any atom is 0.313 e. The van der Waals surface area contributed by atoms with Crippen LogP contribution in [0.4, 0.5) is 0 Å². The van der Waals surface area contributed by atoms with Crippen molar-refractivity contribution in [1.29, 1.82) is 0 Å². The molecule has 0 aliphatic heterocycles. The van der Waals surface area contributed by atoms with E-state index >= 15 is 0 Å². The molecule has 1 aromatic carbocycles. The van der Waals surface area contributed by atoms with Crippen LogP contribution in [-0.4, -0.2) is 33.7 Å². The normalized spacial score (nSPS) is 10.7. The molecule has 2 rings (SSSR count). The number of nitrogens with zero attached hydrogens (tertiary/aromatic N) is 2. The number of aromatic nitrogens is 2. The summed E-state index contributed by atoms with van der Waals surface area (Å²) in [6.07, 6.45) is 0. The molecule has 0 aliphatic rings. The predicted molar refractivity (Wildman–Crippen MR) is 76.8 cm³/mol. The van der Waals surface area contributed by atoms with E-state index in [1.165, 1.54) is 11.8 Å². The van der Waals surface area contributed by atoms with Gasteiger partial charge in [0.2, 0.25) is 0 Å². The van der Waals surface area contributed by atoms with Crippen molar-refractivity contribution in [1.82, 2.24) is 9.78 Å². The van der Waals surface area contributed by atoms with Crippen molar-refractivity contribution in [3.63, 3.8) is 0 Å². The summed E-state index contributed by atoms with van der Waals surface area (Å²) in [6.45, 7) is 1.04. The summed E-state index contributed by atoms with van der Waals surface area (Å²) >= 11 is 1.27. The summed E-state index contributed by atoms with van der Waals surface area (Å²) in [5.41, 5.74) is 1.92. The van der Waals surface area contributed by atoms with E-state index in [-0.39, 0.29) is 5.75 Å². The Hall–Kier alpha value is -1.79. The summed E-state index contributed by atoms with van der Waals surface area (Å²) < 4.78 is 6.89. The van der Waals surface area contributed by atoms with Gasteiger partial charge in [-0.2, -0.15) is 5.10 Å². The van der Waals surface area contributed by atoms with E-state index in [0.29, 0.717) is 13.2 Å². The number of carboxylic acid groups (broad SMARTS) is 1. The van der Waals surface area contributed by atoms with Gasteiger partial charge < -0.3 is 9.84 Å². The molecule has 0 aliphatic carbocycles. The molecule has 5 nitrogen and oxygen atoms in total. The van der Waals surface area contributed by atoms with Crippen LogP contribution in [-0.2, 0) is 22.7 Å². The Bertz CT molecular complexity index is 569. The lowest BCUT2D eigenvalue weighted by molar-refractivity contribution is -0.133. The Labute approximate surface area is 121 Å². The van der Waals surface area contributed by atoms with E-state index in [1.54, 1.807) is 7.11 Å². The zero-order valence-electron chi connectivity index (χ0n) is 11.2. The Morgan fingerprint density at radius 3 is 2.80 bits per heavy atom. The van der Waals surface area contributed by atoms with Gasteiger partial charge in [0.25, 0.3) is 0 Å². The van der Waals surface area contributed by atoms with Crippen molar-refractivity contribution in [2.45, 2.75) is 18.2 Å². The molecular formula is C14H16N2O3S. The Balaban J connectivity index is 2.17. The van der Waals surface area contributed by atoms with Crippen molar-refractivity contribution >= 4 is 17.7 Å². The van der Waals surface area contributed by atoms with Gasteiger partial charge in [-0.15, -0.1) is 0 Å². The SMILES string of the molecule is COCc1cc(SCC(=O)O)n(Cc2ccccc2)n1. The fourth-order valence-corrected chi connectivity index (χ4v) is 2.54. The number of ether oxygens (including phenoxy) is 1. The number of benzene rings is 1. The monoisotopic (exact) mass is 292 g/mol. The summed E-state index contributed by atoms with van der Waals surface area (Å²) in [5, 5.41) is 14.1. The quantitative estimate of drug-likeness (QED) is 0.793. The lowest BCUT2D eigenvalue weighted by Crippen LogP contribution is -2.05. The van der Waals surface area contributed by atoms with Crippen LogP contribution in [0.3, 0.4) is 0 Å². The highest BCUT2D eigenvalue weighted by Gasteiger charge is 2.10. The molecule has 20 heavy (non-hydrogen) atoms. The predicted octanol–water partition coefficient (Wildman–Crippen LogP) is 2.25. The van der Waals surface area contributed by atoms with Crippen LogP contribution in [0.15, 0.2) is 41.4 Å². The summed E-state index contributed by atoms with van der Waals surface area (Å²) in [5.74, 6) is -0.817. The molecule has 0 bridgehead atoms. The first-order valence-electron chi connectivity index (χ1n) is 6.13. The smallest absolute Gasteiger partial charge is 0.313 e. The largest absolute Gasteiger partial charge is 0.481 e. The van der Waals surface area contributed by atoms with Crippen LogP contribution in [0.2, 0.25) is 0 Å². The Morgan fingerprint density at radius 1 is 1.40 bits per heavy atom. The molecule has 0 unspecified atom stereocenters. The molecule has 1 aromatic heterocycles. The number of thioether (sulfide) groups is 1. The van der Waals surface area contributed by atoms with Crippen molar-refractivity contribution in [3.8, 4) is 0 Å². The Kier molecular flexibility index (Phi) is 5.20. The van der Waals surface area contributed by atoms with Gasteiger partial charge in [0.15, 0.2) is 0 Å².